The minimum absolute atomic E-state index is 0.0332. The van der Waals surface area contributed by atoms with Crippen molar-refractivity contribution in [1.82, 2.24) is 4.90 Å². The predicted molar refractivity (Wildman–Crippen MR) is 104 cm³/mol. The summed E-state index contributed by atoms with van der Waals surface area (Å²) in [4.78, 5) is 16.0. The number of nitrogens with one attached hydrogen (secondary N) is 1. The van der Waals surface area contributed by atoms with Crippen LogP contribution in [0, 0.1) is 11.3 Å². The van der Waals surface area contributed by atoms with Crippen molar-refractivity contribution in [3.63, 3.8) is 0 Å². The highest BCUT2D eigenvalue weighted by Crippen LogP contribution is 2.26. The van der Waals surface area contributed by atoms with Gasteiger partial charge in [0.25, 0.3) is 5.91 Å². The van der Waals surface area contributed by atoms with Crippen molar-refractivity contribution in [2.75, 3.05) is 26.2 Å². The Balaban J connectivity index is 1.52. The smallest absolute Gasteiger partial charge is 0.263 e. The Bertz CT molecular complexity index is 827. The second-order valence-corrected chi connectivity index (χ2v) is 7.16. The van der Waals surface area contributed by atoms with Crippen LogP contribution in [0.3, 0.4) is 0 Å². The molecule has 1 amide bonds. The highest BCUT2D eigenvalue weighted by atomic mass is 35.5. The molecule has 0 aromatic heterocycles. The molecule has 2 aromatic rings. The summed E-state index contributed by atoms with van der Waals surface area (Å²) in [5, 5.41) is 9.23. The Morgan fingerprint density at radius 2 is 1.96 bits per heavy atom. The number of quaternary nitrogens is 1. The predicted octanol–water partition coefficient (Wildman–Crippen LogP) is 1.91. The quantitative estimate of drug-likeness (QED) is 0.856. The zero-order valence-corrected chi connectivity index (χ0v) is 16.1. The highest BCUT2D eigenvalue weighted by molar-refractivity contribution is 6.32. The maximum absolute atomic E-state index is 12.7. The zero-order chi connectivity index (χ0) is 19.2. The van der Waals surface area contributed by atoms with Crippen LogP contribution in [0.4, 0.5) is 0 Å². The lowest BCUT2D eigenvalue weighted by atomic mass is 10.2. The molecule has 0 saturated carbocycles. The third-order valence-corrected chi connectivity index (χ3v) is 5.09. The molecule has 3 rings (SSSR count). The molecule has 27 heavy (non-hydrogen) atoms. The monoisotopic (exact) mass is 384 g/mol. The Labute approximate surface area is 164 Å². The van der Waals surface area contributed by atoms with E-state index < -0.39 is 6.10 Å². The number of hydrogen-bond donors (Lipinski definition) is 1. The van der Waals surface area contributed by atoms with Crippen molar-refractivity contribution in [3.8, 4) is 11.8 Å². The van der Waals surface area contributed by atoms with Crippen molar-refractivity contribution in [2.45, 2.75) is 19.6 Å². The molecule has 1 aliphatic rings. The summed E-state index contributed by atoms with van der Waals surface area (Å²) in [7, 11) is 0. The molecule has 0 spiro atoms. The van der Waals surface area contributed by atoms with Gasteiger partial charge in [-0.15, -0.1) is 0 Å². The number of amides is 1. The van der Waals surface area contributed by atoms with Crippen LogP contribution in [0.1, 0.15) is 18.1 Å². The molecule has 1 aliphatic heterocycles. The summed E-state index contributed by atoms with van der Waals surface area (Å²) >= 11 is 6.13. The first-order chi connectivity index (χ1) is 13.1. The summed E-state index contributed by atoms with van der Waals surface area (Å²) in [5.41, 5.74) is 1.78. The van der Waals surface area contributed by atoms with Crippen LogP contribution in [0.25, 0.3) is 0 Å². The first kappa shape index (κ1) is 19.2. The van der Waals surface area contributed by atoms with Gasteiger partial charge in [0.2, 0.25) is 0 Å². The van der Waals surface area contributed by atoms with E-state index in [4.69, 9.17) is 21.6 Å². The number of hydrogen-bond acceptors (Lipinski definition) is 3. The number of ether oxygens (including phenoxy) is 1. The average molecular weight is 385 g/mol. The number of nitrogens with zero attached hydrogens (tertiary/aromatic N) is 2. The van der Waals surface area contributed by atoms with Gasteiger partial charge in [-0.2, -0.15) is 5.26 Å². The van der Waals surface area contributed by atoms with Gasteiger partial charge in [-0.1, -0.05) is 41.9 Å². The number of nitriles is 1. The lowest BCUT2D eigenvalue weighted by Crippen LogP contribution is -3.13. The first-order valence-electron chi connectivity index (χ1n) is 9.09. The standard InChI is InChI=1S/C21H22ClN3O2/c1-16(27-20-8-7-18(14-23)13-19(20)22)21(26)25-11-9-24(10-12-25)15-17-5-3-2-4-6-17/h2-8,13,16H,9-12,15H2,1H3/p+1/t16-/m1/s1. The van der Waals surface area contributed by atoms with Gasteiger partial charge in [0, 0.05) is 5.56 Å². The molecule has 1 heterocycles. The molecule has 0 unspecified atom stereocenters. The molecule has 0 aliphatic carbocycles. The Kier molecular flexibility index (Phi) is 6.33. The highest BCUT2D eigenvalue weighted by Gasteiger charge is 2.28. The number of carbonyl (C=O) groups excluding carboxylic acids is 1. The first-order valence-corrected chi connectivity index (χ1v) is 9.47. The van der Waals surface area contributed by atoms with Crippen LogP contribution < -0.4 is 9.64 Å². The van der Waals surface area contributed by atoms with Crippen molar-refractivity contribution in [3.05, 3.63) is 64.7 Å². The Morgan fingerprint density at radius 1 is 1.26 bits per heavy atom. The SMILES string of the molecule is C[C@@H](Oc1ccc(C#N)cc1Cl)C(=O)N1CC[NH+](Cc2ccccc2)CC1. The van der Waals surface area contributed by atoms with E-state index in [9.17, 15) is 4.79 Å². The van der Waals surface area contributed by atoms with Gasteiger partial charge in [0.05, 0.1) is 42.8 Å². The van der Waals surface area contributed by atoms with Crippen LogP contribution in [0.15, 0.2) is 48.5 Å². The largest absolute Gasteiger partial charge is 0.479 e. The van der Waals surface area contributed by atoms with Crippen LogP contribution in [-0.4, -0.2) is 43.1 Å². The maximum atomic E-state index is 12.7. The Hall–Kier alpha value is -2.55. The van der Waals surface area contributed by atoms with E-state index in [1.54, 1.807) is 25.1 Å². The second-order valence-electron chi connectivity index (χ2n) is 6.75. The topological polar surface area (TPSA) is 57.8 Å². The minimum Gasteiger partial charge on any atom is -0.479 e. The van der Waals surface area contributed by atoms with Crippen molar-refractivity contribution < 1.29 is 14.4 Å². The fourth-order valence-electron chi connectivity index (χ4n) is 3.27. The zero-order valence-electron chi connectivity index (χ0n) is 15.3. The van der Waals surface area contributed by atoms with Crippen LogP contribution >= 0.6 is 11.6 Å². The van der Waals surface area contributed by atoms with Gasteiger partial charge in [-0.25, -0.2) is 0 Å². The van der Waals surface area contributed by atoms with Crippen molar-refractivity contribution in [1.29, 1.82) is 5.26 Å². The molecule has 140 valence electrons. The van der Waals surface area contributed by atoms with Gasteiger partial charge < -0.3 is 14.5 Å². The number of rotatable bonds is 5. The maximum Gasteiger partial charge on any atom is 0.263 e. The number of benzene rings is 2. The van der Waals surface area contributed by atoms with Crippen molar-refractivity contribution >= 4 is 17.5 Å². The normalized spacial score (nSPS) is 15.8. The summed E-state index contributed by atoms with van der Waals surface area (Å²) in [6.45, 7) is 6.00. The van der Waals surface area contributed by atoms with Crippen LogP contribution in [0.5, 0.6) is 5.75 Å². The molecular weight excluding hydrogens is 362 g/mol. The lowest BCUT2D eigenvalue weighted by Gasteiger charge is -2.33. The van der Waals surface area contributed by atoms with Gasteiger partial charge in [-0.05, 0) is 25.1 Å². The van der Waals surface area contributed by atoms with Gasteiger partial charge in [0.15, 0.2) is 6.10 Å². The molecule has 0 bridgehead atoms. The molecule has 6 heteroatoms. The molecular formula is C21H23ClN3O2+. The van der Waals surface area contributed by atoms with Gasteiger partial charge in [0.1, 0.15) is 12.3 Å². The van der Waals surface area contributed by atoms with E-state index in [1.807, 2.05) is 17.0 Å². The van der Waals surface area contributed by atoms with Gasteiger partial charge in [-0.3, -0.25) is 4.79 Å². The third-order valence-electron chi connectivity index (χ3n) is 4.79. The summed E-state index contributed by atoms with van der Waals surface area (Å²) in [5.74, 6) is 0.388. The molecule has 0 radical (unpaired) electrons. The third kappa shape index (κ3) is 5.00. The van der Waals surface area contributed by atoms with E-state index in [0.29, 0.717) is 16.3 Å². The number of halogens is 1. The average Bonchev–Trinajstić information content (AvgIpc) is 2.70. The molecule has 1 atom stereocenters. The summed E-state index contributed by atoms with van der Waals surface area (Å²) in [6, 6.07) is 17.2. The van der Waals surface area contributed by atoms with Crippen LogP contribution in [0.2, 0.25) is 5.02 Å². The lowest BCUT2D eigenvalue weighted by molar-refractivity contribution is -0.917. The summed E-state index contributed by atoms with van der Waals surface area (Å²) in [6.07, 6.45) is -0.619. The van der Waals surface area contributed by atoms with E-state index in [0.717, 1.165) is 32.7 Å². The molecule has 1 saturated heterocycles. The molecule has 1 N–H and O–H groups in total. The van der Waals surface area contributed by atoms with Crippen LogP contribution in [-0.2, 0) is 11.3 Å². The molecule has 1 fully saturated rings. The second kappa shape index (κ2) is 8.90. The van der Waals surface area contributed by atoms with Gasteiger partial charge >= 0.3 is 0 Å². The minimum atomic E-state index is -0.619. The summed E-state index contributed by atoms with van der Waals surface area (Å²) < 4.78 is 5.74. The van der Waals surface area contributed by atoms with Crippen molar-refractivity contribution in [2.24, 2.45) is 0 Å². The van der Waals surface area contributed by atoms with E-state index in [1.165, 1.54) is 10.5 Å². The van der Waals surface area contributed by atoms with E-state index in [-0.39, 0.29) is 5.91 Å². The number of carbonyl (C=O) groups is 1. The Morgan fingerprint density at radius 3 is 2.59 bits per heavy atom. The van der Waals surface area contributed by atoms with E-state index in [2.05, 4.69) is 24.3 Å². The fraction of sp³-hybridized carbons (Fsp3) is 0.333. The number of piperazine rings is 1. The molecule has 5 nitrogen and oxygen atoms in total. The molecule has 2 aromatic carbocycles. The fourth-order valence-corrected chi connectivity index (χ4v) is 3.49. The van der Waals surface area contributed by atoms with E-state index >= 15 is 0 Å².